The molecular formula is C12H10F3N3. The summed E-state index contributed by atoms with van der Waals surface area (Å²) in [6, 6.07) is 3.59. The molecule has 0 radical (unpaired) electrons. The summed E-state index contributed by atoms with van der Waals surface area (Å²) in [5, 5.41) is 0. The highest BCUT2D eigenvalue weighted by atomic mass is 19.1. The molecule has 3 nitrogen and oxygen atoms in total. The lowest BCUT2D eigenvalue weighted by Gasteiger charge is -2.18. The first-order valence-electron chi connectivity index (χ1n) is 5.14. The number of nitrogens with one attached hydrogen (secondary N) is 1. The SMILES string of the molecule is NNC(c1ccncc1F)c1c(F)cccc1F. The standard InChI is InChI=1S/C12H10F3N3/c13-8-2-1-3-9(14)11(8)12(18-16)7-4-5-17-6-10(7)15/h1-6,12,18H,16H2. The molecule has 0 spiro atoms. The number of hydrazine groups is 1. The molecule has 6 heteroatoms. The first kappa shape index (κ1) is 12.5. The van der Waals surface area contributed by atoms with Crippen LogP contribution in [0.3, 0.4) is 0 Å². The molecule has 2 aromatic rings. The van der Waals surface area contributed by atoms with Crippen molar-refractivity contribution < 1.29 is 13.2 Å². The maximum absolute atomic E-state index is 13.6. The summed E-state index contributed by atoms with van der Waals surface area (Å²) >= 11 is 0. The van der Waals surface area contributed by atoms with Gasteiger partial charge in [0.15, 0.2) is 0 Å². The van der Waals surface area contributed by atoms with E-state index in [-0.39, 0.29) is 11.1 Å². The lowest BCUT2D eigenvalue weighted by molar-refractivity contribution is 0.494. The van der Waals surface area contributed by atoms with E-state index in [1.807, 2.05) is 0 Å². The second-order valence-corrected chi connectivity index (χ2v) is 3.63. The van der Waals surface area contributed by atoms with Crippen molar-refractivity contribution in [2.24, 2.45) is 5.84 Å². The summed E-state index contributed by atoms with van der Waals surface area (Å²) in [5.41, 5.74) is 1.91. The fourth-order valence-corrected chi connectivity index (χ4v) is 1.74. The Morgan fingerprint density at radius 2 is 1.72 bits per heavy atom. The van der Waals surface area contributed by atoms with Crippen molar-refractivity contribution in [2.45, 2.75) is 6.04 Å². The van der Waals surface area contributed by atoms with Crippen molar-refractivity contribution in [3.05, 3.63) is 65.2 Å². The van der Waals surface area contributed by atoms with E-state index in [9.17, 15) is 13.2 Å². The molecule has 1 unspecified atom stereocenters. The molecule has 0 saturated heterocycles. The lowest BCUT2D eigenvalue weighted by Crippen LogP contribution is -2.31. The van der Waals surface area contributed by atoms with Crippen LogP contribution < -0.4 is 11.3 Å². The van der Waals surface area contributed by atoms with Crippen LogP contribution in [0.1, 0.15) is 17.2 Å². The van der Waals surface area contributed by atoms with Gasteiger partial charge in [0.25, 0.3) is 0 Å². The van der Waals surface area contributed by atoms with Gasteiger partial charge in [0.2, 0.25) is 0 Å². The predicted molar refractivity (Wildman–Crippen MR) is 59.7 cm³/mol. The normalized spacial score (nSPS) is 12.4. The molecule has 0 aliphatic carbocycles. The summed E-state index contributed by atoms with van der Waals surface area (Å²) in [6.45, 7) is 0. The van der Waals surface area contributed by atoms with Crippen LogP contribution in [0.2, 0.25) is 0 Å². The molecule has 0 fully saturated rings. The van der Waals surface area contributed by atoms with E-state index in [1.165, 1.54) is 18.3 Å². The molecule has 0 saturated carbocycles. The number of hydrogen-bond acceptors (Lipinski definition) is 3. The zero-order valence-electron chi connectivity index (χ0n) is 9.20. The number of halogens is 3. The Labute approximate surface area is 101 Å². The largest absolute Gasteiger partial charge is 0.271 e. The maximum atomic E-state index is 13.6. The third-order valence-electron chi connectivity index (χ3n) is 2.57. The second-order valence-electron chi connectivity index (χ2n) is 3.63. The van der Waals surface area contributed by atoms with Crippen LogP contribution >= 0.6 is 0 Å². The summed E-state index contributed by atoms with van der Waals surface area (Å²) in [6.07, 6.45) is 2.28. The fourth-order valence-electron chi connectivity index (χ4n) is 1.74. The zero-order chi connectivity index (χ0) is 13.1. The molecule has 1 aromatic carbocycles. The van der Waals surface area contributed by atoms with Crippen molar-refractivity contribution in [1.29, 1.82) is 0 Å². The minimum Gasteiger partial charge on any atom is -0.271 e. The predicted octanol–water partition coefficient (Wildman–Crippen LogP) is 2.05. The molecule has 3 N–H and O–H groups in total. The van der Waals surface area contributed by atoms with Crippen LogP contribution in [0.5, 0.6) is 0 Å². The number of rotatable bonds is 3. The third-order valence-corrected chi connectivity index (χ3v) is 2.57. The molecule has 0 aliphatic heterocycles. The van der Waals surface area contributed by atoms with Gasteiger partial charge in [-0.15, -0.1) is 0 Å². The minimum absolute atomic E-state index is 0.0245. The third kappa shape index (κ3) is 2.20. The number of nitrogens with two attached hydrogens (primary N) is 1. The van der Waals surface area contributed by atoms with Gasteiger partial charge in [0.1, 0.15) is 17.5 Å². The average Bonchev–Trinajstić information content (AvgIpc) is 2.35. The highest BCUT2D eigenvalue weighted by Gasteiger charge is 2.23. The van der Waals surface area contributed by atoms with Crippen LogP contribution in [0.25, 0.3) is 0 Å². The van der Waals surface area contributed by atoms with E-state index >= 15 is 0 Å². The molecule has 1 heterocycles. The van der Waals surface area contributed by atoms with E-state index in [0.29, 0.717) is 0 Å². The van der Waals surface area contributed by atoms with Gasteiger partial charge in [0, 0.05) is 17.3 Å². The van der Waals surface area contributed by atoms with Gasteiger partial charge < -0.3 is 0 Å². The van der Waals surface area contributed by atoms with Gasteiger partial charge >= 0.3 is 0 Å². The van der Waals surface area contributed by atoms with Gasteiger partial charge in [-0.1, -0.05) is 6.07 Å². The molecule has 2 rings (SSSR count). The van der Waals surface area contributed by atoms with Gasteiger partial charge in [-0.3, -0.25) is 10.8 Å². The van der Waals surface area contributed by atoms with Crippen molar-refractivity contribution in [3.8, 4) is 0 Å². The summed E-state index contributed by atoms with van der Waals surface area (Å²) < 4.78 is 40.8. The summed E-state index contributed by atoms with van der Waals surface area (Å²) in [4.78, 5) is 3.57. The van der Waals surface area contributed by atoms with E-state index in [2.05, 4.69) is 10.4 Å². The number of pyridine rings is 1. The zero-order valence-corrected chi connectivity index (χ0v) is 9.20. The van der Waals surface area contributed by atoms with Crippen LogP contribution in [0.15, 0.2) is 36.7 Å². The topological polar surface area (TPSA) is 50.9 Å². The highest BCUT2D eigenvalue weighted by Crippen LogP contribution is 2.27. The van der Waals surface area contributed by atoms with Crippen molar-refractivity contribution in [1.82, 2.24) is 10.4 Å². The van der Waals surface area contributed by atoms with Crippen molar-refractivity contribution >= 4 is 0 Å². The van der Waals surface area contributed by atoms with Gasteiger partial charge in [-0.05, 0) is 18.2 Å². The van der Waals surface area contributed by atoms with Crippen LogP contribution in [-0.4, -0.2) is 4.98 Å². The molecular weight excluding hydrogens is 243 g/mol. The van der Waals surface area contributed by atoms with Gasteiger partial charge in [0.05, 0.1) is 12.2 Å². The van der Waals surface area contributed by atoms with Gasteiger partial charge in [-0.2, -0.15) is 0 Å². The summed E-state index contributed by atoms with van der Waals surface area (Å²) in [5.74, 6) is 2.99. The van der Waals surface area contributed by atoms with Crippen LogP contribution in [0, 0.1) is 17.5 Å². The van der Waals surface area contributed by atoms with E-state index in [4.69, 9.17) is 5.84 Å². The number of aromatic nitrogens is 1. The Balaban J connectivity index is 2.56. The quantitative estimate of drug-likeness (QED) is 0.650. The van der Waals surface area contributed by atoms with Gasteiger partial charge in [-0.25, -0.2) is 18.6 Å². The Morgan fingerprint density at radius 3 is 2.28 bits per heavy atom. The van der Waals surface area contributed by atoms with Crippen LogP contribution in [0.4, 0.5) is 13.2 Å². The first-order valence-corrected chi connectivity index (χ1v) is 5.14. The molecule has 0 aliphatic rings. The monoisotopic (exact) mass is 253 g/mol. The minimum atomic E-state index is -1.12. The van der Waals surface area contributed by atoms with Crippen LogP contribution in [-0.2, 0) is 0 Å². The smallest absolute Gasteiger partial charge is 0.146 e. The van der Waals surface area contributed by atoms with E-state index in [1.54, 1.807) is 0 Å². The molecule has 0 bridgehead atoms. The number of benzene rings is 1. The van der Waals surface area contributed by atoms with E-state index < -0.39 is 23.5 Å². The number of nitrogens with zero attached hydrogens (tertiary/aromatic N) is 1. The molecule has 1 aromatic heterocycles. The number of hydrogen-bond donors (Lipinski definition) is 2. The Bertz CT molecular complexity index is 540. The molecule has 18 heavy (non-hydrogen) atoms. The van der Waals surface area contributed by atoms with Crippen molar-refractivity contribution in [3.63, 3.8) is 0 Å². The average molecular weight is 253 g/mol. The fraction of sp³-hybridized carbons (Fsp3) is 0.0833. The maximum Gasteiger partial charge on any atom is 0.146 e. The molecule has 94 valence electrons. The lowest BCUT2D eigenvalue weighted by atomic mass is 9.99. The molecule has 1 atom stereocenters. The Hall–Kier alpha value is -1.92. The first-order chi connectivity index (χ1) is 8.65. The molecule has 0 amide bonds. The van der Waals surface area contributed by atoms with E-state index in [0.717, 1.165) is 18.3 Å². The Kier molecular flexibility index (Phi) is 3.59. The second kappa shape index (κ2) is 5.16. The Morgan fingerprint density at radius 1 is 1.06 bits per heavy atom. The highest BCUT2D eigenvalue weighted by molar-refractivity contribution is 5.33. The van der Waals surface area contributed by atoms with Crippen molar-refractivity contribution in [2.75, 3.05) is 0 Å². The summed E-state index contributed by atoms with van der Waals surface area (Å²) in [7, 11) is 0.